The fraction of sp³-hybridized carbons (Fsp3) is 0.170. The van der Waals surface area contributed by atoms with Gasteiger partial charge in [-0.05, 0) is 85.6 Å². The minimum absolute atomic E-state index is 0.0409. The summed E-state index contributed by atoms with van der Waals surface area (Å²) in [5.41, 5.74) is 6.23. The second-order valence-corrected chi connectivity index (χ2v) is 17.4. The first-order valence-corrected chi connectivity index (χ1v) is 24.0. The van der Waals surface area contributed by atoms with Gasteiger partial charge in [-0.15, -0.1) is 0 Å². The van der Waals surface area contributed by atoms with Gasteiger partial charge in [0.1, 0.15) is 39.3 Å². The number of imidazole rings is 1. The van der Waals surface area contributed by atoms with E-state index in [1.165, 1.54) is 35.4 Å². The van der Waals surface area contributed by atoms with Crippen molar-refractivity contribution < 1.29 is 35.9 Å². The Morgan fingerprint density at radius 2 is 1.12 bits per heavy atom. The van der Waals surface area contributed by atoms with E-state index in [4.69, 9.17) is 25.5 Å². The fourth-order valence-corrected chi connectivity index (χ4v) is 7.30. The number of carbonyl (C=O) groups excluding carboxylic acids is 2. The first kappa shape index (κ1) is 50.4. The van der Waals surface area contributed by atoms with Crippen molar-refractivity contribution in [2.24, 2.45) is 10.3 Å². The predicted molar refractivity (Wildman–Crippen MR) is 258 cm³/mol. The van der Waals surface area contributed by atoms with E-state index in [1.54, 1.807) is 97.3 Å². The van der Waals surface area contributed by atoms with E-state index in [0.717, 1.165) is 25.7 Å². The van der Waals surface area contributed by atoms with Crippen LogP contribution in [0.3, 0.4) is 0 Å². The molecule has 20 heteroatoms. The number of ether oxygens (including phenoxy) is 2. The molecule has 67 heavy (non-hydrogen) atoms. The van der Waals surface area contributed by atoms with Gasteiger partial charge in [0.2, 0.25) is 20.0 Å². The number of nitrogens with zero attached hydrogens (tertiary/aromatic N) is 4. The van der Waals surface area contributed by atoms with Crippen molar-refractivity contribution in [3.8, 4) is 23.0 Å². The number of primary sulfonamides is 2. The number of anilines is 4. The number of benzene rings is 4. The molecule has 3 aromatic heterocycles. The van der Waals surface area contributed by atoms with Gasteiger partial charge < -0.3 is 31.2 Å². The molecule has 3 heterocycles. The maximum absolute atomic E-state index is 12.8. The third kappa shape index (κ3) is 15.5. The summed E-state index contributed by atoms with van der Waals surface area (Å²) in [6.45, 7) is 5.22. The number of unbranched alkanes of at least 4 members (excludes halogenated alkanes) is 2. The van der Waals surface area contributed by atoms with Crippen molar-refractivity contribution in [2.75, 3.05) is 34.8 Å². The van der Waals surface area contributed by atoms with Crippen LogP contribution in [0, 0.1) is 0 Å². The van der Waals surface area contributed by atoms with Gasteiger partial charge >= 0.3 is 0 Å². The average molecular weight is 949 g/mol. The Labute approximate surface area is 389 Å². The number of hydrogen-bond donors (Lipinski definition) is 6. The maximum Gasteiger partial charge on any atom is 0.263 e. The average Bonchev–Trinajstić information content (AvgIpc) is 3.86. The summed E-state index contributed by atoms with van der Waals surface area (Å²) in [4.78, 5) is 36.7. The standard InChI is InChI=1S/C22H24N4O4S.C20H22N4O4S.C5H6N2/c1-2-3-12-24-18-14-16(22(27)26-20-11-7-8-13-25-20)15-19(31(23,28)29)21(18)30-17-9-5-4-6-10-17;1-2-3-9-23-17-12-15(20(25)24-11-10-22-14-24)13-18(29(21,26)27)19(17)28-16-7-5-4-6-8-16;6-5-3-1-2-4-7-5/h4-11,13-15,24H,2-3,12H2,1H3,(H2,23,28,29)(H,25,26,27);4-8,10-14,23H,2-3,9H2,1H3,(H2,21,26,27);1-4H,(H2,6,7). The Morgan fingerprint density at radius 1 is 0.627 bits per heavy atom. The van der Waals surface area contributed by atoms with Crippen LogP contribution in [0.5, 0.6) is 23.0 Å². The van der Waals surface area contributed by atoms with Crippen LogP contribution in [0.1, 0.15) is 60.2 Å². The molecular weight excluding hydrogens is 897 g/mol. The largest absolute Gasteiger partial charge is 0.454 e. The molecule has 9 N–H and O–H groups in total. The Kier molecular flexibility index (Phi) is 18.5. The monoisotopic (exact) mass is 948 g/mol. The molecule has 350 valence electrons. The normalized spacial score (nSPS) is 10.9. The fourth-order valence-electron chi connectivity index (χ4n) is 5.90. The molecule has 4 aromatic carbocycles. The number of amides is 1. The van der Waals surface area contributed by atoms with Crippen molar-refractivity contribution in [3.05, 3.63) is 164 Å². The number of aromatic nitrogens is 4. The molecule has 7 rings (SSSR count). The summed E-state index contributed by atoms with van der Waals surface area (Å²) >= 11 is 0. The highest BCUT2D eigenvalue weighted by Gasteiger charge is 2.26. The molecule has 18 nitrogen and oxygen atoms in total. The van der Waals surface area contributed by atoms with Crippen LogP contribution in [0.2, 0.25) is 0 Å². The van der Waals surface area contributed by atoms with E-state index in [2.05, 4.69) is 30.9 Å². The maximum atomic E-state index is 12.8. The van der Waals surface area contributed by atoms with Gasteiger partial charge in [0, 0.05) is 49.0 Å². The molecule has 0 radical (unpaired) electrons. The molecule has 0 spiro atoms. The summed E-state index contributed by atoms with van der Waals surface area (Å²) in [7, 11) is -8.37. The van der Waals surface area contributed by atoms with E-state index in [0.29, 0.717) is 47.6 Å². The number of carbonyl (C=O) groups is 2. The molecule has 7 aromatic rings. The Balaban J connectivity index is 0.000000219. The summed E-state index contributed by atoms with van der Waals surface area (Å²) in [6.07, 6.45) is 11.1. The lowest BCUT2D eigenvalue weighted by molar-refractivity contribution is 0.0958. The van der Waals surface area contributed by atoms with Gasteiger partial charge in [0.25, 0.3) is 11.8 Å². The van der Waals surface area contributed by atoms with E-state index >= 15 is 0 Å². The van der Waals surface area contributed by atoms with Crippen LogP contribution in [0.15, 0.2) is 162 Å². The molecule has 0 saturated carbocycles. The molecule has 0 aliphatic heterocycles. The number of sulfonamides is 2. The van der Waals surface area contributed by atoms with E-state index < -0.39 is 31.9 Å². The lowest BCUT2D eigenvalue weighted by Crippen LogP contribution is -2.18. The minimum atomic E-state index is -4.20. The van der Waals surface area contributed by atoms with Gasteiger partial charge in [-0.25, -0.2) is 42.1 Å². The third-order valence-corrected chi connectivity index (χ3v) is 11.0. The molecule has 0 saturated heterocycles. The third-order valence-electron chi connectivity index (χ3n) is 9.18. The van der Waals surface area contributed by atoms with Crippen LogP contribution < -0.4 is 41.4 Å². The molecular formula is C47H52N10O8S2. The van der Waals surface area contributed by atoms with Crippen molar-refractivity contribution in [1.29, 1.82) is 0 Å². The van der Waals surface area contributed by atoms with Crippen LogP contribution in [-0.2, 0) is 20.0 Å². The minimum Gasteiger partial charge on any atom is -0.454 e. The lowest BCUT2D eigenvalue weighted by Gasteiger charge is -2.18. The first-order valence-electron chi connectivity index (χ1n) is 20.9. The lowest BCUT2D eigenvalue weighted by atomic mass is 10.1. The molecule has 0 aliphatic rings. The van der Waals surface area contributed by atoms with Crippen LogP contribution in [0.4, 0.5) is 23.0 Å². The molecule has 0 unspecified atom stereocenters. The van der Waals surface area contributed by atoms with Crippen molar-refractivity contribution in [1.82, 2.24) is 19.5 Å². The number of nitrogens with one attached hydrogen (secondary N) is 3. The Bertz CT molecular complexity index is 2900. The zero-order chi connectivity index (χ0) is 48.2. The summed E-state index contributed by atoms with van der Waals surface area (Å²) < 4.78 is 62.4. The zero-order valence-electron chi connectivity index (χ0n) is 36.8. The summed E-state index contributed by atoms with van der Waals surface area (Å²) in [5, 5.41) is 19.9. The topological polar surface area (TPSA) is 279 Å². The zero-order valence-corrected chi connectivity index (χ0v) is 38.4. The number of pyridine rings is 2. The van der Waals surface area contributed by atoms with Gasteiger partial charge in [-0.3, -0.25) is 14.2 Å². The Hall–Kier alpha value is -7.65. The second-order valence-electron chi connectivity index (χ2n) is 14.4. The Morgan fingerprint density at radius 3 is 1.54 bits per heavy atom. The predicted octanol–water partition coefficient (Wildman–Crippen LogP) is 7.87. The van der Waals surface area contributed by atoms with Crippen molar-refractivity contribution in [3.63, 3.8) is 0 Å². The number of rotatable bonds is 17. The number of nitrogens with two attached hydrogens (primary N) is 3. The molecule has 1 amide bonds. The number of nitrogen functional groups attached to an aromatic ring is 1. The molecule has 0 bridgehead atoms. The highest BCUT2D eigenvalue weighted by atomic mass is 32.2. The smallest absolute Gasteiger partial charge is 0.263 e. The van der Waals surface area contributed by atoms with Crippen molar-refractivity contribution >= 4 is 54.9 Å². The summed E-state index contributed by atoms with van der Waals surface area (Å²) in [6, 6.07) is 33.6. The SMILES string of the molecule is CCCCNc1cc(C(=O)Nc2ccccn2)cc(S(N)(=O)=O)c1Oc1ccccc1.CCCCNc1cc(C(=O)n2ccnc2)cc(S(N)(=O)=O)c1Oc1ccccc1.Nc1ccccn1. The quantitative estimate of drug-likeness (QED) is 0.0474. The number of hydrogen-bond acceptors (Lipinski definition) is 14. The van der Waals surface area contributed by atoms with Gasteiger partial charge in [-0.2, -0.15) is 0 Å². The van der Waals surface area contributed by atoms with Gasteiger partial charge in [0.05, 0.1) is 11.4 Å². The van der Waals surface area contributed by atoms with Crippen LogP contribution >= 0.6 is 0 Å². The highest BCUT2D eigenvalue weighted by molar-refractivity contribution is 7.89. The van der Waals surface area contributed by atoms with Gasteiger partial charge in [-0.1, -0.05) is 75.2 Å². The van der Waals surface area contributed by atoms with E-state index in [9.17, 15) is 26.4 Å². The van der Waals surface area contributed by atoms with Gasteiger partial charge in [0.15, 0.2) is 11.5 Å². The van der Waals surface area contributed by atoms with Crippen LogP contribution in [0.25, 0.3) is 0 Å². The first-order chi connectivity index (χ1) is 32.2. The molecule has 0 fully saturated rings. The van der Waals surface area contributed by atoms with E-state index in [1.807, 2.05) is 38.1 Å². The molecule has 0 atom stereocenters. The highest BCUT2D eigenvalue weighted by Crippen LogP contribution is 2.39. The number of para-hydroxylation sites is 2. The second kappa shape index (κ2) is 24.6. The van der Waals surface area contributed by atoms with E-state index in [-0.39, 0.29) is 32.4 Å². The van der Waals surface area contributed by atoms with Crippen LogP contribution in [-0.4, -0.2) is 61.3 Å². The summed E-state index contributed by atoms with van der Waals surface area (Å²) in [5.74, 6) is 0.945. The van der Waals surface area contributed by atoms with Crippen molar-refractivity contribution in [2.45, 2.75) is 49.3 Å². The molecule has 0 aliphatic carbocycles.